The van der Waals surface area contributed by atoms with Crippen molar-refractivity contribution in [2.75, 3.05) is 40.8 Å². The maximum Gasteiger partial charge on any atom is 0.00187 e. The summed E-state index contributed by atoms with van der Waals surface area (Å²) in [5, 5.41) is 0. The fourth-order valence-corrected chi connectivity index (χ4v) is 1.70. The average Bonchev–Trinajstić information content (AvgIpc) is 2.34. The maximum atomic E-state index is 2.35. The molecule has 0 bridgehead atoms. The lowest BCUT2D eigenvalue weighted by atomic mass is 10.1. The van der Waals surface area contributed by atoms with Crippen LogP contribution in [0.2, 0.25) is 0 Å². The lowest BCUT2D eigenvalue weighted by molar-refractivity contribution is 0.357. The summed E-state index contributed by atoms with van der Waals surface area (Å²) in [7, 11) is 6.41. The van der Waals surface area contributed by atoms with Gasteiger partial charge in [-0.2, -0.15) is 0 Å². The summed E-state index contributed by atoms with van der Waals surface area (Å²) >= 11 is 0. The van der Waals surface area contributed by atoms with E-state index in [2.05, 4.69) is 62.1 Å². The summed E-state index contributed by atoms with van der Waals surface area (Å²) in [6.07, 6.45) is 2.29. The molecular formula is C15H26N2. The Kier molecular flexibility index (Phi) is 6.23. The van der Waals surface area contributed by atoms with Crippen molar-refractivity contribution in [3.8, 4) is 0 Å². The molecule has 0 atom stereocenters. The lowest BCUT2D eigenvalue weighted by Gasteiger charge is -2.13. The first-order chi connectivity index (χ1) is 8.11. The van der Waals surface area contributed by atoms with Crippen LogP contribution in [0.25, 0.3) is 0 Å². The molecule has 0 saturated carbocycles. The van der Waals surface area contributed by atoms with Crippen LogP contribution in [-0.2, 0) is 12.8 Å². The Balaban J connectivity index is 2.39. The first-order valence-electron chi connectivity index (χ1n) is 6.53. The Morgan fingerprint density at radius 2 is 1.29 bits per heavy atom. The van der Waals surface area contributed by atoms with Crippen molar-refractivity contribution < 1.29 is 0 Å². The fourth-order valence-electron chi connectivity index (χ4n) is 1.70. The summed E-state index contributed by atoms with van der Waals surface area (Å²) in [6.45, 7) is 5.59. The molecular weight excluding hydrogens is 208 g/mol. The zero-order valence-corrected chi connectivity index (χ0v) is 11.7. The number of likely N-dealkylation sites (N-methyl/N-ethyl adjacent to an activating group) is 2. The van der Waals surface area contributed by atoms with E-state index < -0.39 is 0 Å². The molecule has 0 radical (unpaired) electrons. The number of hydrogen-bond donors (Lipinski definition) is 0. The van der Waals surface area contributed by atoms with Crippen LogP contribution in [0, 0.1) is 0 Å². The summed E-state index contributed by atoms with van der Waals surface area (Å²) in [4.78, 5) is 4.57. The Bertz CT molecular complexity index is 303. The second-order valence-electron chi connectivity index (χ2n) is 5.02. The highest BCUT2D eigenvalue weighted by Gasteiger charge is 1.98. The van der Waals surface area contributed by atoms with Gasteiger partial charge in [-0.3, -0.25) is 0 Å². The molecule has 0 fully saturated rings. The molecule has 1 rings (SSSR count). The topological polar surface area (TPSA) is 6.48 Å². The van der Waals surface area contributed by atoms with E-state index in [0.717, 1.165) is 32.5 Å². The van der Waals surface area contributed by atoms with Crippen LogP contribution in [0.4, 0.5) is 0 Å². The van der Waals surface area contributed by atoms with E-state index >= 15 is 0 Å². The van der Waals surface area contributed by atoms with Crippen LogP contribution in [0.3, 0.4) is 0 Å². The number of nitrogens with zero attached hydrogens (tertiary/aromatic N) is 2. The first kappa shape index (κ1) is 14.2. The zero-order chi connectivity index (χ0) is 12.7. The molecule has 0 amide bonds. The van der Waals surface area contributed by atoms with Gasteiger partial charge in [-0.1, -0.05) is 31.2 Å². The van der Waals surface area contributed by atoms with Crippen LogP contribution in [-0.4, -0.2) is 50.6 Å². The van der Waals surface area contributed by atoms with E-state index in [1.165, 1.54) is 11.1 Å². The van der Waals surface area contributed by atoms with Crippen LogP contribution in [0.5, 0.6) is 0 Å². The normalized spacial score (nSPS) is 11.4. The maximum absolute atomic E-state index is 2.35. The monoisotopic (exact) mass is 234 g/mol. The molecule has 96 valence electrons. The highest BCUT2D eigenvalue weighted by Crippen LogP contribution is 2.06. The SMILES string of the molecule is CCN(C)CCc1ccc(CCN(C)C)cc1. The molecule has 2 nitrogen and oxygen atoms in total. The quantitative estimate of drug-likeness (QED) is 0.714. The molecule has 1 aromatic carbocycles. The molecule has 2 heteroatoms. The van der Waals surface area contributed by atoms with Crippen LogP contribution in [0.1, 0.15) is 18.1 Å². The molecule has 17 heavy (non-hydrogen) atoms. The predicted molar refractivity (Wildman–Crippen MR) is 75.6 cm³/mol. The van der Waals surface area contributed by atoms with Gasteiger partial charge in [-0.15, -0.1) is 0 Å². The van der Waals surface area contributed by atoms with E-state index in [-0.39, 0.29) is 0 Å². The minimum atomic E-state index is 1.12. The Morgan fingerprint density at radius 3 is 1.71 bits per heavy atom. The molecule has 1 aromatic rings. The second-order valence-corrected chi connectivity index (χ2v) is 5.02. The molecule has 0 spiro atoms. The molecule has 0 N–H and O–H groups in total. The van der Waals surface area contributed by atoms with E-state index in [1.807, 2.05) is 0 Å². The second kappa shape index (κ2) is 7.46. The highest BCUT2D eigenvalue weighted by molar-refractivity contribution is 5.23. The van der Waals surface area contributed by atoms with Gasteiger partial charge in [0.25, 0.3) is 0 Å². The van der Waals surface area contributed by atoms with Gasteiger partial charge in [0.1, 0.15) is 0 Å². The average molecular weight is 234 g/mol. The third kappa shape index (κ3) is 5.85. The molecule has 0 aliphatic rings. The predicted octanol–water partition coefficient (Wildman–Crippen LogP) is 2.28. The third-order valence-electron chi connectivity index (χ3n) is 3.19. The van der Waals surface area contributed by atoms with Crippen molar-refractivity contribution in [2.24, 2.45) is 0 Å². The van der Waals surface area contributed by atoms with Gasteiger partial charge in [0, 0.05) is 13.1 Å². The van der Waals surface area contributed by atoms with Gasteiger partial charge in [0.05, 0.1) is 0 Å². The Hall–Kier alpha value is -0.860. The van der Waals surface area contributed by atoms with Gasteiger partial charge in [0.2, 0.25) is 0 Å². The van der Waals surface area contributed by atoms with E-state index in [9.17, 15) is 0 Å². The Morgan fingerprint density at radius 1 is 0.824 bits per heavy atom. The van der Waals surface area contributed by atoms with Gasteiger partial charge in [-0.25, -0.2) is 0 Å². The molecule has 0 aliphatic carbocycles. The molecule has 0 unspecified atom stereocenters. The highest BCUT2D eigenvalue weighted by atomic mass is 15.1. The van der Waals surface area contributed by atoms with Crippen LogP contribution >= 0.6 is 0 Å². The van der Waals surface area contributed by atoms with Crippen molar-refractivity contribution >= 4 is 0 Å². The summed E-state index contributed by atoms with van der Waals surface area (Å²) < 4.78 is 0. The van der Waals surface area contributed by atoms with E-state index in [4.69, 9.17) is 0 Å². The largest absolute Gasteiger partial charge is 0.309 e. The smallest absolute Gasteiger partial charge is 0.00187 e. The molecule has 0 saturated heterocycles. The van der Waals surface area contributed by atoms with Crippen molar-refractivity contribution in [3.05, 3.63) is 35.4 Å². The molecule has 0 aromatic heterocycles. The number of hydrogen-bond acceptors (Lipinski definition) is 2. The summed E-state index contributed by atoms with van der Waals surface area (Å²) in [5.74, 6) is 0. The zero-order valence-electron chi connectivity index (χ0n) is 11.7. The Labute approximate surface area is 106 Å². The number of benzene rings is 1. The van der Waals surface area contributed by atoms with Crippen LogP contribution in [0.15, 0.2) is 24.3 Å². The van der Waals surface area contributed by atoms with Crippen molar-refractivity contribution in [1.29, 1.82) is 0 Å². The standard InChI is InChI=1S/C15H26N2/c1-5-17(4)13-11-15-8-6-14(7-9-15)10-12-16(2)3/h6-9H,5,10-13H2,1-4H3. The van der Waals surface area contributed by atoms with Gasteiger partial charge >= 0.3 is 0 Å². The number of rotatable bonds is 7. The van der Waals surface area contributed by atoms with Crippen molar-refractivity contribution in [3.63, 3.8) is 0 Å². The van der Waals surface area contributed by atoms with Crippen molar-refractivity contribution in [2.45, 2.75) is 19.8 Å². The van der Waals surface area contributed by atoms with E-state index in [1.54, 1.807) is 0 Å². The van der Waals surface area contributed by atoms with E-state index in [0.29, 0.717) is 0 Å². The van der Waals surface area contributed by atoms with Gasteiger partial charge < -0.3 is 9.80 Å². The summed E-state index contributed by atoms with van der Waals surface area (Å²) in [6, 6.07) is 9.08. The van der Waals surface area contributed by atoms with Crippen molar-refractivity contribution in [1.82, 2.24) is 9.80 Å². The minimum Gasteiger partial charge on any atom is -0.309 e. The molecule has 0 aliphatic heterocycles. The first-order valence-corrected chi connectivity index (χ1v) is 6.53. The summed E-state index contributed by atoms with van der Waals surface area (Å²) in [5.41, 5.74) is 2.88. The molecule has 0 heterocycles. The van der Waals surface area contributed by atoms with Gasteiger partial charge in [0.15, 0.2) is 0 Å². The minimum absolute atomic E-state index is 1.12. The fraction of sp³-hybridized carbons (Fsp3) is 0.600. The third-order valence-corrected chi connectivity index (χ3v) is 3.19. The van der Waals surface area contributed by atoms with Crippen LogP contribution < -0.4 is 0 Å². The van der Waals surface area contributed by atoms with Gasteiger partial charge in [-0.05, 0) is 51.7 Å². The lowest BCUT2D eigenvalue weighted by Crippen LogP contribution is -2.20.